The molecule has 0 saturated carbocycles. The number of rotatable bonds is 2. The summed E-state index contributed by atoms with van der Waals surface area (Å²) >= 11 is 1.82. The van der Waals surface area contributed by atoms with Gasteiger partial charge < -0.3 is 5.11 Å². The van der Waals surface area contributed by atoms with Crippen molar-refractivity contribution in [1.82, 2.24) is 0 Å². The Kier molecular flexibility index (Phi) is 2.58. The van der Waals surface area contributed by atoms with E-state index >= 15 is 0 Å². The molecule has 2 rings (SSSR count). The Balaban J connectivity index is 2.13. The molecular formula is C12H16OS. The van der Waals surface area contributed by atoms with Crippen molar-refractivity contribution in [3.8, 4) is 0 Å². The van der Waals surface area contributed by atoms with Crippen molar-refractivity contribution in [2.75, 3.05) is 11.5 Å². The smallest absolute Gasteiger partial charge is 0.0867 e. The lowest BCUT2D eigenvalue weighted by Gasteiger charge is -2.36. The molecule has 0 aliphatic carbocycles. The summed E-state index contributed by atoms with van der Waals surface area (Å²) in [7, 11) is 0. The van der Waals surface area contributed by atoms with E-state index in [1.54, 1.807) is 0 Å². The van der Waals surface area contributed by atoms with Crippen LogP contribution in [0.1, 0.15) is 16.7 Å². The predicted octanol–water partition coefficient (Wildman–Crippen LogP) is 2.32. The lowest BCUT2D eigenvalue weighted by atomic mass is 9.95. The minimum Gasteiger partial charge on any atom is -0.388 e. The molecule has 1 aliphatic rings. The maximum atomic E-state index is 10.0. The van der Waals surface area contributed by atoms with E-state index in [9.17, 15) is 5.11 Å². The quantitative estimate of drug-likeness (QED) is 0.805. The zero-order valence-corrected chi connectivity index (χ0v) is 9.53. The lowest BCUT2D eigenvalue weighted by molar-refractivity contribution is 0.0793. The normalized spacial score (nSPS) is 19.1. The molecule has 0 bridgehead atoms. The molecule has 14 heavy (non-hydrogen) atoms. The second-order valence-corrected chi connectivity index (χ2v) is 5.30. The van der Waals surface area contributed by atoms with Crippen molar-refractivity contribution in [2.45, 2.75) is 25.9 Å². The Morgan fingerprint density at radius 1 is 1.29 bits per heavy atom. The fourth-order valence-electron chi connectivity index (χ4n) is 1.73. The maximum absolute atomic E-state index is 10.0. The third-order valence-electron chi connectivity index (χ3n) is 2.85. The highest BCUT2D eigenvalue weighted by molar-refractivity contribution is 8.00. The molecule has 0 aromatic heterocycles. The van der Waals surface area contributed by atoms with E-state index in [-0.39, 0.29) is 0 Å². The van der Waals surface area contributed by atoms with Gasteiger partial charge in [0.1, 0.15) is 0 Å². The molecule has 2 heteroatoms. The van der Waals surface area contributed by atoms with Crippen LogP contribution in [0.15, 0.2) is 18.2 Å². The lowest BCUT2D eigenvalue weighted by Crippen LogP contribution is -2.45. The molecule has 0 atom stereocenters. The number of hydrogen-bond donors (Lipinski definition) is 1. The molecule has 1 N–H and O–H groups in total. The van der Waals surface area contributed by atoms with Crippen LogP contribution >= 0.6 is 11.8 Å². The first kappa shape index (κ1) is 10.1. The average Bonchev–Trinajstić information content (AvgIpc) is 2.09. The Bertz CT molecular complexity index is 342. The standard InChI is InChI=1S/C12H16OS/c1-9-3-4-11(5-10(9)2)6-12(13)7-14-8-12/h3-5,13H,6-8H2,1-2H3. The Morgan fingerprint density at radius 2 is 2.00 bits per heavy atom. The summed E-state index contributed by atoms with van der Waals surface area (Å²) in [5.74, 6) is 1.78. The summed E-state index contributed by atoms with van der Waals surface area (Å²) in [5.41, 5.74) is 3.48. The van der Waals surface area contributed by atoms with Crippen molar-refractivity contribution >= 4 is 11.8 Å². The molecule has 1 aliphatic heterocycles. The van der Waals surface area contributed by atoms with Crippen molar-refractivity contribution in [2.24, 2.45) is 0 Å². The summed E-state index contributed by atoms with van der Waals surface area (Å²) in [6, 6.07) is 6.46. The van der Waals surface area contributed by atoms with Crippen LogP contribution in [-0.4, -0.2) is 22.2 Å². The highest BCUT2D eigenvalue weighted by atomic mass is 32.2. The summed E-state index contributed by atoms with van der Waals surface area (Å²) in [6.45, 7) is 4.24. The minimum atomic E-state index is -0.424. The number of hydrogen-bond acceptors (Lipinski definition) is 2. The van der Waals surface area contributed by atoms with Crippen LogP contribution in [0.5, 0.6) is 0 Å². The number of aryl methyl sites for hydroxylation is 2. The molecule has 1 fully saturated rings. The maximum Gasteiger partial charge on any atom is 0.0867 e. The van der Waals surface area contributed by atoms with Gasteiger partial charge in [0.15, 0.2) is 0 Å². The van der Waals surface area contributed by atoms with Gasteiger partial charge in [-0.1, -0.05) is 18.2 Å². The van der Waals surface area contributed by atoms with E-state index in [2.05, 4.69) is 32.0 Å². The van der Waals surface area contributed by atoms with E-state index in [4.69, 9.17) is 0 Å². The largest absolute Gasteiger partial charge is 0.388 e. The second-order valence-electron chi connectivity index (χ2n) is 4.31. The Morgan fingerprint density at radius 3 is 2.50 bits per heavy atom. The van der Waals surface area contributed by atoms with Gasteiger partial charge in [-0.3, -0.25) is 0 Å². The molecule has 1 saturated heterocycles. The van der Waals surface area contributed by atoms with Crippen LogP contribution in [0, 0.1) is 13.8 Å². The third kappa shape index (κ3) is 1.96. The first-order valence-corrected chi connectivity index (χ1v) is 6.11. The van der Waals surface area contributed by atoms with Gasteiger partial charge in [0.2, 0.25) is 0 Å². The second kappa shape index (κ2) is 3.59. The van der Waals surface area contributed by atoms with Gasteiger partial charge in [-0.05, 0) is 30.5 Å². The molecular weight excluding hydrogens is 192 g/mol. The monoisotopic (exact) mass is 208 g/mol. The highest BCUT2D eigenvalue weighted by Crippen LogP contribution is 2.32. The molecule has 0 spiro atoms. The fraction of sp³-hybridized carbons (Fsp3) is 0.500. The van der Waals surface area contributed by atoms with Crippen LogP contribution < -0.4 is 0 Å². The van der Waals surface area contributed by atoms with E-state index in [0.717, 1.165) is 17.9 Å². The van der Waals surface area contributed by atoms with E-state index in [0.29, 0.717) is 0 Å². The van der Waals surface area contributed by atoms with Crippen LogP contribution in [0.4, 0.5) is 0 Å². The van der Waals surface area contributed by atoms with E-state index in [1.165, 1.54) is 16.7 Å². The zero-order valence-electron chi connectivity index (χ0n) is 8.71. The third-order valence-corrected chi connectivity index (χ3v) is 4.33. The first-order chi connectivity index (χ1) is 6.59. The molecule has 1 aromatic rings. The predicted molar refractivity (Wildman–Crippen MR) is 61.9 cm³/mol. The molecule has 76 valence electrons. The van der Waals surface area contributed by atoms with Gasteiger partial charge in [-0.2, -0.15) is 11.8 Å². The van der Waals surface area contributed by atoms with Crippen LogP contribution in [-0.2, 0) is 6.42 Å². The van der Waals surface area contributed by atoms with Gasteiger partial charge in [0.25, 0.3) is 0 Å². The summed E-state index contributed by atoms with van der Waals surface area (Å²) in [4.78, 5) is 0. The van der Waals surface area contributed by atoms with Gasteiger partial charge in [0.05, 0.1) is 5.60 Å². The SMILES string of the molecule is Cc1ccc(CC2(O)CSC2)cc1C. The highest BCUT2D eigenvalue weighted by Gasteiger charge is 2.35. The van der Waals surface area contributed by atoms with Crippen molar-refractivity contribution in [1.29, 1.82) is 0 Å². The molecule has 0 amide bonds. The number of benzene rings is 1. The van der Waals surface area contributed by atoms with Crippen molar-refractivity contribution in [3.05, 3.63) is 34.9 Å². The molecule has 1 nitrogen and oxygen atoms in total. The van der Waals surface area contributed by atoms with Crippen LogP contribution in [0.25, 0.3) is 0 Å². The summed E-state index contributed by atoms with van der Waals surface area (Å²) in [5, 5.41) is 10.0. The van der Waals surface area contributed by atoms with Crippen LogP contribution in [0.3, 0.4) is 0 Å². The van der Waals surface area contributed by atoms with Gasteiger partial charge in [0, 0.05) is 17.9 Å². The van der Waals surface area contributed by atoms with Crippen molar-refractivity contribution in [3.63, 3.8) is 0 Å². The Labute approximate surface area is 89.5 Å². The molecule has 0 unspecified atom stereocenters. The first-order valence-electron chi connectivity index (χ1n) is 4.95. The minimum absolute atomic E-state index is 0.424. The fourth-order valence-corrected chi connectivity index (χ4v) is 2.61. The molecule has 0 radical (unpaired) electrons. The number of aliphatic hydroxyl groups is 1. The van der Waals surface area contributed by atoms with Gasteiger partial charge in [-0.15, -0.1) is 0 Å². The summed E-state index contributed by atoms with van der Waals surface area (Å²) in [6.07, 6.45) is 0.807. The number of thioether (sulfide) groups is 1. The van der Waals surface area contributed by atoms with E-state index in [1.807, 2.05) is 11.8 Å². The van der Waals surface area contributed by atoms with E-state index < -0.39 is 5.60 Å². The average molecular weight is 208 g/mol. The van der Waals surface area contributed by atoms with Crippen LogP contribution in [0.2, 0.25) is 0 Å². The molecule has 1 heterocycles. The Hall–Kier alpha value is -0.470. The van der Waals surface area contributed by atoms with Gasteiger partial charge in [-0.25, -0.2) is 0 Å². The summed E-state index contributed by atoms with van der Waals surface area (Å²) < 4.78 is 0. The zero-order chi connectivity index (χ0) is 10.2. The van der Waals surface area contributed by atoms with Crippen molar-refractivity contribution < 1.29 is 5.11 Å². The van der Waals surface area contributed by atoms with Gasteiger partial charge >= 0.3 is 0 Å². The molecule has 1 aromatic carbocycles. The topological polar surface area (TPSA) is 20.2 Å².